The Bertz CT molecular complexity index is 1760. The molecule has 3 heterocycles. The van der Waals surface area contributed by atoms with E-state index < -0.39 is 6.17 Å². The van der Waals surface area contributed by atoms with Crippen LogP contribution in [-0.2, 0) is 0 Å². The maximum Gasteiger partial charge on any atom is 0.260 e. The molecule has 1 N–H and O–H groups in total. The molecule has 8 nitrogen and oxygen atoms in total. The van der Waals surface area contributed by atoms with Gasteiger partial charge in [-0.25, -0.2) is 14.6 Å². The minimum absolute atomic E-state index is 0.0340. The molecule has 178 valence electrons. The van der Waals surface area contributed by atoms with E-state index in [1.807, 2.05) is 79.1 Å². The molecule has 1 amide bonds. The lowest BCUT2D eigenvalue weighted by Crippen LogP contribution is -2.38. The van der Waals surface area contributed by atoms with Gasteiger partial charge in [0, 0.05) is 34.3 Å². The van der Waals surface area contributed by atoms with Crippen LogP contribution in [0.15, 0.2) is 104 Å². The van der Waals surface area contributed by atoms with Gasteiger partial charge < -0.3 is 4.98 Å². The van der Waals surface area contributed by atoms with Gasteiger partial charge in [0.2, 0.25) is 0 Å². The zero-order valence-corrected chi connectivity index (χ0v) is 19.7. The van der Waals surface area contributed by atoms with Crippen molar-refractivity contribution in [1.82, 2.24) is 24.7 Å². The molecule has 0 saturated heterocycles. The summed E-state index contributed by atoms with van der Waals surface area (Å²) in [5.74, 6) is -0.218. The normalized spacial score (nSPS) is 11.9. The second-order valence-corrected chi connectivity index (χ2v) is 8.55. The number of anilines is 1. The number of carbonyl (C=O) groups excluding carboxylic acids is 1. The third-order valence-corrected chi connectivity index (χ3v) is 6.37. The molecule has 0 aliphatic carbocycles. The minimum atomic E-state index is -0.694. The number of amides is 1. The third-order valence-electron chi connectivity index (χ3n) is 6.37. The lowest BCUT2D eigenvalue weighted by Gasteiger charge is -2.31. The summed E-state index contributed by atoms with van der Waals surface area (Å²) >= 11 is 0. The molecular weight excluding hydrogens is 462 g/mol. The van der Waals surface area contributed by atoms with E-state index in [2.05, 4.69) is 26.1 Å². The topological polar surface area (TPSA) is 103 Å². The summed E-state index contributed by atoms with van der Waals surface area (Å²) in [6.07, 6.45) is 6.18. The van der Waals surface area contributed by atoms with E-state index in [1.165, 1.54) is 6.33 Å². The highest BCUT2D eigenvalue weighted by Gasteiger charge is 2.30. The highest BCUT2D eigenvalue weighted by molar-refractivity contribution is 6.11. The van der Waals surface area contributed by atoms with E-state index in [4.69, 9.17) is 0 Å². The number of nitrogens with zero attached hydrogens (tertiary/aromatic N) is 6. The molecular formula is C29H21N7O. The first-order chi connectivity index (χ1) is 18.2. The predicted molar refractivity (Wildman–Crippen MR) is 142 cm³/mol. The molecule has 0 fully saturated rings. The molecule has 37 heavy (non-hydrogen) atoms. The molecule has 0 radical (unpaired) electrons. The van der Waals surface area contributed by atoms with Gasteiger partial charge >= 0.3 is 0 Å². The molecule has 0 bridgehead atoms. The second kappa shape index (κ2) is 9.40. The van der Waals surface area contributed by atoms with E-state index in [0.29, 0.717) is 11.3 Å². The van der Waals surface area contributed by atoms with Crippen LogP contribution < -0.4 is 4.90 Å². The number of aromatic amines is 1. The van der Waals surface area contributed by atoms with Crippen LogP contribution in [0.25, 0.3) is 33.1 Å². The van der Waals surface area contributed by atoms with Gasteiger partial charge in [-0.1, -0.05) is 54.6 Å². The van der Waals surface area contributed by atoms with Gasteiger partial charge in [-0.3, -0.25) is 9.69 Å². The molecule has 6 aromatic rings. The van der Waals surface area contributed by atoms with Gasteiger partial charge in [0.15, 0.2) is 0 Å². The molecule has 1 unspecified atom stereocenters. The predicted octanol–water partition coefficient (Wildman–Crippen LogP) is 5.73. The van der Waals surface area contributed by atoms with Gasteiger partial charge in [0.1, 0.15) is 18.1 Å². The number of nitrogens with one attached hydrogen (secondary N) is 1. The standard InChI is InChI=1S/C29H21N7O/c30-15-13-26(35-18-22(17-34-35)27-24-14-16-31-28(24)33-19-32-27)36(29(37)21-8-2-1-3-9-21)25-12-6-10-20-7-4-5-11-23(20)25/h1-12,14,16-19,26H,13H2,(H,31,32,33). The highest BCUT2D eigenvalue weighted by atomic mass is 16.2. The number of aromatic nitrogens is 5. The quantitative estimate of drug-likeness (QED) is 0.326. The van der Waals surface area contributed by atoms with E-state index in [9.17, 15) is 10.1 Å². The van der Waals surface area contributed by atoms with Gasteiger partial charge in [0.05, 0.1) is 30.1 Å². The summed E-state index contributed by atoms with van der Waals surface area (Å²) < 4.78 is 1.67. The SMILES string of the molecule is N#CCC(N(C(=O)c1ccccc1)c1cccc2ccccc12)n1cc(-c2ncnc3[nH]ccc23)cn1. The van der Waals surface area contributed by atoms with Crippen molar-refractivity contribution in [3.63, 3.8) is 0 Å². The number of hydrogen-bond donors (Lipinski definition) is 1. The van der Waals surface area contributed by atoms with Crippen molar-refractivity contribution in [3.05, 3.63) is 109 Å². The van der Waals surface area contributed by atoms with E-state index in [-0.39, 0.29) is 12.3 Å². The number of benzene rings is 3. The fourth-order valence-electron chi connectivity index (χ4n) is 4.65. The van der Waals surface area contributed by atoms with E-state index in [1.54, 1.807) is 27.9 Å². The summed E-state index contributed by atoms with van der Waals surface area (Å²) in [5.41, 5.74) is 3.44. The van der Waals surface area contributed by atoms with Crippen molar-refractivity contribution in [2.24, 2.45) is 0 Å². The van der Waals surface area contributed by atoms with Gasteiger partial charge in [-0.05, 0) is 29.7 Å². The number of H-pyrrole nitrogens is 1. The summed E-state index contributed by atoms with van der Waals surface area (Å²) in [6.45, 7) is 0. The van der Waals surface area contributed by atoms with Crippen molar-refractivity contribution in [2.45, 2.75) is 12.6 Å². The maximum absolute atomic E-state index is 14.0. The molecule has 0 saturated carbocycles. The molecule has 3 aromatic carbocycles. The Morgan fingerprint density at radius 3 is 2.65 bits per heavy atom. The maximum atomic E-state index is 14.0. The molecule has 0 aliphatic rings. The lowest BCUT2D eigenvalue weighted by molar-refractivity contribution is 0.0964. The first kappa shape index (κ1) is 22.2. The zero-order chi connectivity index (χ0) is 25.2. The summed E-state index contributed by atoms with van der Waals surface area (Å²) in [4.78, 5) is 27.5. The number of fused-ring (bicyclic) bond motifs is 2. The van der Waals surface area contributed by atoms with Crippen LogP contribution in [0.1, 0.15) is 22.9 Å². The monoisotopic (exact) mass is 483 g/mol. The molecule has 0 spiro atoms. The Kier molecular flexibility index (Phi) is 5.64. The molecule has 0 aliphatic heterocycles. The first-order valence-corrected chi connectivity index (χ1v) is 11.8. The van der Waals surface area contributed by atoms with Gasteiger partial charge in [-0.15, -0.1) is 0 Å². The van der Waals surface area contributed by atoms with E-state index in [0.717, 1.165) is 33.1 Å². The summed E-state index contributed by atoms with van der Waals surface area (Å²) in [6, 6.07) is 27.0. The number of rotatable bonds is 6. The average molecular weight is 484 g/mol. The van der Waals surface area contributed by atoms with Crippen molar-refractivity contribution in [2.75, 3.05) is 4.90 Å². The zero-order valence-electron chi connectivity index (χ0n) is 19.7. The van der Waals surface area contributed by atoms with Crippen LogP contribution in [-0.4, -0.2) is 30.6 Å². The van der Waals surface area contributed by atoms with Crippen LogP contribution in [0.3, 0.4) is 0 Å². The number of nitriles is 1. The van der Waals surface area contributed by atoms with Crippen LogP contribution in [0.2, 0.25) is 0 Å². The van der Waals surface area contributed by atoms with Crippen LogP contribution >= 0.6 is 0 Å². The van der Waals surface area contributed by atoms with Crippen molar-refractivity contribution >= 4 is 33.4 Å². The Hall–Kier alpha value is -5.29. The minimum Gasteiger partial charge on any atom is -0.346 e. The molecule has 8 heteroatoms. The second-order valence-electron chi connectivity index (χ2n) is 8.55. The van der Waals surface area contributed by atoms with Crippen molar-refractivity contribution in [3.8, 4) is 17.3 Å². The van der Waals surface area contributed by atoms with Crippen molar-refractivity contribution in [1.29, 1.82) is 5.26 Å². The number of hydrogen-bond acceptors (Lipinski definition) is 5. The largest absolute Gasteiger partial charge is 0.346 e. The average Bonchev–Trinajstić information content (AvgIpc) is 3.63. The fraction of sp³-hybridized carbons (Fsp3) is 0.0690. The smallest absolute Gasteiger partial charge is 0.260 e. The van der Waals surface area contributed by atoms with Gasteiger partial charge in [0.25, 0.3) is 5.91 Å². The lowest BCUT2D eigenvalue weighted by atomic mass is 10.1. The summed E-state index contributed by atoms with van der Waals surface area (Å²) in [7, 11) is 0. The van der Waals surface area contributed by atoms with Crippen LogP contribution in [0, 0.1) is 11.3 Å². The summed E-state index contributed by atoms with van der Waals surface area (Å²) in [5, 5.41) is 17.2. The first-order valence-electron chi connectivity index (χ1n) is 11.8. The highest BCUT2D eigenvalue weighted by Crippen LogP contribution is 2.34. The van der Waals surface area contributed by atoms with E-state index >= 15 is 0 Å². The molecule has 1 atom stereocenters. The van der Waals surface area contributed by atoms with Crippen LogP contribution in [0.5, 0.6) is 0 Å². The van der Waals surface area contributed by atoms with Crippen molar-refractivity contribution < 1.29 is 4.79 Å². The third kappa shape index (κ3) is 3.98. The van der Waals surface area contributed by atoms with Crippen LogP contribution in [0.4, 0.5) is 5.69 Å². The number of carbonyl (C=O) groups is 1. The Morgan fingerprint density at radius 2 is 1.78 bits per heavy atom. The fourth-order valence-corrected chi connectivity index (χ4v) is 4.65. The Labute approximate surface area is 212 Å². The molecule has 3 aromatic heterocycles. The Morgan fingerprint density at radius 1 is 0.973 bits per heavy atom. The Balaban J connectivity index is 1.51. The van der Waals surface area contributed by atoms with Gasteiger partial charge in [-0.2, -0.15) is 10.4 Å². The molecule has 6 rings (SSSR count).